The second-order valence-electron chi connectivity index (χ2n) is 21.7. The number of aryl methyl sites for hydroxylation is 7. The molecule has 5 nitrogen and oxygen atoms in total. The number of nitrogens with zero attached hydrogens (tertiary/aromatic N) is 3. The van der Waals surface area contributed by atoms with Gasteiger partial charge in [-0.05, 0) is 189 Å². The fourth-order valence-electron chi connectivity index (χ4n) is 12.8. The SMILES string of the molecule is Cc1ccc2c(c1)C(c1ccc(N(c3cc(C)c(C)cc3C)c3cccc4c3oc3ccccc34)cc1)(c1ccc(N(c3cc(C)c(C)cc3C)c3cccc4c3oc3ccccc34)cc1)c1ccccc1N2c1ccccc1. The van der Waals surface area contributed by atoms with E-state index in [1.807, 2.05) is 12.1 Å². The molecule has 0 N–H and O–H groups in total. The Balaban J connectivity index is 1.01. The van der Waals surface area contributed by atoms with Crippen LogP contribution in [0.2, 0.25) is 0 Å². The Morgan fingerprint density at radius 2 is 0.772 bits per heavy atom. The minimum Gasteiger partial charge on any atom is -0.454 e. The van der Waals surface area contributed by atoms with E-state index >= 15 is 0 Å². The number of hydrogen-bond acceptors (Lipinski definition) is 5. The molecule has 0 amide bonds. The van der Waals surface area contributed by atoms with Crippen LogP contribution in [-0.2, 0) is 5.41 Å². The quantitative estimate of drug-likeness (QED) is 0.144. The van der Waals surface area contributed by atoms with Gasteiger partial charge >= 0.3 is 0 Å². The van der Waals surface area contributed by atoms with Crippen molar-refractivity contribution in [2.45, 2.75) is 53.9 Å². The molecule has 1 aliphatic heterocycles. The monoisotopic (exact) mass is 1020 g/mol. The molecule has 13 aromatic rings. The third kappa shape index (κ3) is 7.51. The van der Waals surface area contributed by atoms with Gasteiger partial charge in [0.05, 0.1) is 28.2 Å². The summed E-state index contributed by atoms with van der Waals surface area (Å²) in [6.07, 6.45) is 0. The van der Waals surface area contributed by atoms with Crippen LogP contribution in [0.1, 0.15) is 61.2 Å². The summed E-state index contributed by atoms with van der Waals surface area (Å²) >= 11 is 0. The summed E-state index contributed by atoms with van der Waals surface area (Å²) in [5, 5.41) is 4.39. The predicted octanol–water partition coefficient (Wildman–Crippen LogP) is 20.7. The van der Waals surface area contributed by atoms with Crippen LogP contribution in [0.15, 0.2) is 239 Å². The summed E-state index contributed by atoms with van der Waals surface area (Å²) in [7, 11) is 0. The molecule has 382 valence electrons. The second-order valence-corrected chi connectivity index (χ2v) is 21.7. The van der Waals surface area contributed by atoms with Crippen molar-refractivity contribution in [3.8, 4) is 0 Å². The molecule has 0 saturated carbocycles. The van der Waals surface area contributed by atoms with E-state index in [2.05, 4.69) is 282 Å². The van der Waals surface area contributed by atoms with Crippen molar-refractivity contribution in [3.05, 3.63) is 292 Å². The first kappa shape index (κ1) is 47.8. The van der Waals surface area contributed by atoms with Gasteiger partial charge in [-0.15, -0.1) is 0 Å². The van der Waals surface area contributed by atoms with Crippen LogP contribution in [0.4, 0.5) is 51.2 Å². The highest BCUT2D eigenvalue weighted by molar-refractivity contribution is 6.11. The standard InChI is InChI=1S/C74H59N3O2/c1-46-31-40-65-63(41-46)74(62-25-13-14-26-64(62)75(65)55-19-9-8-10-20-55,53-32-36-56(37-33-53)76(68-44-49(4)47(2)42-51(68)6)66-27-17-23-60-58-21-11-15-29-70(58)78-72(60)66)54-34-38-57(39-35-54)77(69-45-50(5)48(3)43-52(69)7)67-28-18-24-61-59-22-12-16-30-71(59)79-73(61)67/h8-45H,1-7H3. The van der Waals surface area contributed by atoms with Gasteiger partial charge in [-0.1, -0.05) is 151 Å². The topological polar surface area (TPSA) is 36.0 Å². The van der Waals surface area contributed by atoms with E-state index in [-0.39, 0.29) is 0 Å². The molecular formula is C74H59N3O2. The summed E-state index contributed by atoms with van der Waals surface area (Å²) < 4.78 is 13.6. The lowest BCUT2D eigenvalue weighted by Crippen LogP contribution is -2.38. The third-order valence-electron chi connectivity index (χ3n) is 16.8. The van der Waals surface area contributed by atoms with Gasteiger partial charge < -0.3 is 23.5 Å². The first-order valence-electron chi connectivity index (χ1n) is 27.4. The molecule has 0 fully saturated rings. The number of hydrogen-bond donors (Lipinski definition) is 0. The Kier molecular flexibility index (Phi) is 11.2. The zero-order valence-corrected chi connectivity index (χ0v) is 45.6. The fraction of sp³-hybridized carbons (Fsp3) is 0.108. The zero-order chi connectivity index (χ0) is 53.7. The van der Waals surface area contributed by atoms with E-state index in [0.29, 0.717) is 0 Å². The summed E-state index contributed by atoms with van der Waals surface area (Å²) in [6, 6.07) is 84.6. The molecular weight excluding hydrogens is 963 g/mol. The molecule has 3 heterocycles. The van der Waals surface area contributed by atoms with Crippen LogP contribution >= 0.6 is 0 Å². The molecule has 5 heteroatoms. The Labute approximate surface area is 461 Å². The van der Waals surface area contributed by atoms with Gasteiger partial charge in [0.2, 0.25) is 0 Å². The van der Waals surface area contributed by atoms with Gasteiger partial charge in [0.15, 0.2) is 11.2 Å². The fourth-order valence-corrected chi connectivity index (χ4v) is 12.8. The highest BCUT2D eigenvalue weighted by atomic mass is 16.3. The largest absolute Gasteiger partial charge is 0.454 e. The molecule has 79 heavy (non-hydrogen) atoms. The average Bonchev–Trinajstić information content (AvgIpc) is 3.81. The number of benzene rings is 11. The number of fused-ring (bicyclic) bond motifs is 8. The molecule has 0 atom stereocenters. The van der Waals surface area contributed by atoms with Crippen LogP contribution in [0.5, 0.6) is 0 Å². The molecule has 1 aliphatic rings. The van der Waals surface area contributed by atoms with Gasteiger partial charge in [0, 0.05) is 50.0 Å². The highest BCUT2D eigenvalue weighted by Crippen LogP contribution is 2.59. The molecule has 0 unspecified atom stereocenters. The lowest BCUT2D eigenvalue weighted by molar-refractivity contribution is 0.668. The van der Waals surface area contributed by atoms with Crippen molar-refractivity contribution in [3.63, 3.8) is 0 Å². The van der Waals surface area contributed by atoms with Gasteiger partial charge in [-0.2, -0.15) is 0 Å². The molecule has 2 aromatic heterocycles. The molecule has 0 radical (unpaired) electrons. The minimum atomic E-state index is -0.778. The van der Waals surface area contributed by atoms with E-state index in [1.165, 1.54) is 50.1 Å². The summed E-state index contributed by atoms with van der Waals surface area (Å²) in [6.45, 7) is 15.5. The van der Waals surface area contributed by atoms with Crippen molar-refractivity contribution in [1.82, 2.24) is 0 Å². The van der Waals surface area contributed by atoms with Gasteiger partial charge in [0.1, 0.15) is 11.2 Å². The van der Waals surface area contributed by atoms with Crippen molar-refractivity contribution in [1.29, 1.82) is 0 Å². The Morgan fingerprint density at radius 1 is 0.329 bits per heavy atom. The van der Waals surface area contributed by atoms with Gasteiger partial charge in [0.25, 0.3) is 0 Å². The van der Waals surface area contributed by atoms with E-state index in [1.54, 1.807) is 0 Å². The molecule has 0 spiro atoms. The summed E-state index contributed by atoms with van der Waals surface area (Å²) in [5.41, 5.74) is 25.6. The normalized spacial score (nSPS) is 12.8. The number of rotatable bonds is 9. The third-order valence-corrected chi connectivity index (χ3v) is 16.8. The number of furan rings is 2. The summed E-state index contributed by atoms with van der Waals surface area (Å²) in [5.74, 6) is 0. The van der Waals surface area contributed by atoms with Crippen molar-refractivity contribution >= 4 is 95.1 Å². The maximum atomic E-state index is 6.81. The smallest absolute Gasteiger partial charge is 0.159 e. The van der Waals surface area contributed by atoms with Crippen molar-refractivity contribution < 1.29 is 8.83 Å². The average molecular weight is 1020 g/mol. The van der Waals surface area contributed by atoms with Crippen molar-refractivity contribution in [2.75, 3.05) is 14.7 Å². The summed E-state index contributed by atoms with van der Waals surface area (Å²) in [4.78, 5) is 7.24. The molecule has 0 aliphatic carbocycles. The Bertz CT molecular complexity index is 4310. The number of para-hydroxylation sites is 6. The van der Waals surface area contributed by atoms with Gasteiger partial charge in [-0.3, -0.25) is 0 Å². The highest BCUT2D eigenvalue weighted by Gasteiger charge is 2.47. The number of anilines is 9. The first-order valence-corrected chi connectivity index (χ1v) is 27.4. The molecule has 11 aromatic carbocycles. The maximum absolute atomic E-state index is 6.81. The molecule has 0 saturated heterocycles. The van der Waals surface area contributed by atoms with Crippen LogP contribution in [0, 0.1) is 48.5 Å². The van der Waals surface area contributed by atoms with Gasteiger partial charge in [-0.25, -0.2) is 0 Å². The zero-order valence-electron chi connectivity index (χ0n) is 45.6. The molecule has 14 rings (SSSR count). The van der Waals surface area contributed by atoms with Crippen LogP contribution in [-0.4, -0.2) is 0 Å². The van der Waals surface area contributed by atoms with E-state index in [4.69, 9.17) is 8.83 Å². The Hall–Kier alpha value is -9.58. The van der Waals surface area contributed by atoms with Crippen LogP contribution in [0.3, 0.4) is 0 Å². The van der Waals surface area contributed by atoms with E-state index < -0.39 is 5.41 Å². The Morgan fingerprint density at radius 3 is 1.30 bits per heavy atom. The lowest BCUT2D eigenvalue weighted by atomic mass is 9.62. The second kappa shape index (κ2) is 18.6. The predicted molar refractivity (Wildman–Crippen MR) is 330 cm³/mol. The lowest BCUT2D eigenvalue weighted by Gasteiger charge is -2.47. The molecule has 0 bridgehead atoms. The van der Waals surface area contributed by atoms with E-state index in [9.17, 15) is 0 Å². The van der Waals surface area contributed by atoms with Crippen LogP contribution < -0.4 is 14.7 Å². The van der Waals surface area contributed by atoms with Crippen molar-refractivity contribution in [2.24, 2.45) is 0 Å². The van der Waals surface area contributed by atoms with E-state index in [0.717, 1.165) is 106 Å². The van der Waals surface area contributed by atoms with Crippen LogP contribution in [0.25, 0.3) is 43.9 Å². The first-order chi connectivity index (χ1) is 38.6. The maximum Gasteiger partial charge on any atom is 0.159 e. The minimum absolute atomic E-state index is 0.778.